The van der Waals surface area contributed by atoms with Crippen LogP contribution in [-0.4, -0.2) is 63.3 Å². The van der Waals surface area contributed by atoms with E-state index in [1.807, 2.05) is 34.9 Å². The van der Waals surface area contributed by atoms with Gasteiger partial charge in [-0.3, -0.25) is 14.4 Å². The summed E-state index contributed by atoms with van der Waals surface area (Å²) in [4.78, 5) is 45.5. The number of amides is 3. The summed E-state index contributed by atoms with van der Waals surface area (Å²) in [6.07, 6.45) is 2.67. The van der Waals surface area contributed by atoms with Crippen molar-refractivity contribution in [1.82, 2.24) is 19.4 Å². The van der Waals surface area contributed by atoms with Crippen molar-refractivity contribution in [2.75, 3.05) is 31.5 Å². The van der Waals surface area contributed by atoms with Crippen LogP contribution >= 0.6 is 0 Å². The fourth-order valence-electron chi connectivity index (χ4n) is 3.97. The van der Waals surface area contributed by atoms with Gasteiger partial charge < -0.3 is 19.7 Å². The average molecular weight is 395 g/mol. The largest absolute Gasteiger partial charge is 0.339 e. The monoisotopic (exact) mass is 395 g/mol. The van der Waals surface area contributed by atoms with Crippen molar-refractivity contribution in [1.29, 1.82) is 0 Å². The van der Waals surface area contributed by atoms with Gasteiger partial charge in [-0.1, -0.05) is 18.2 Å². The highest BCUT2D eigenvalue weighted by atomic mass is 16.2. The quantitative estimate of drug-likeness (QED) is 0.858. The molecule has 8 heteroatoms. The van der Waals surface area contributed by atoms with Crippen LogP contribution in [0.3, 0.4) is 0 Å². The van der Waals surface area contributed by atoms with Crippen molar-refractivity contribution in [2.24, 2.45) is 0 Å². The van der Waals surface area contributed by atoms with Crippen LogP contribution in [0.1, 0.15) is 46.6 Å². The van der Waals surface area contributed by atoms with E-state index in [2.05, 4.69) is 10.3 Å². The van der Waals surface area contributed by atoms with E-state index in [0.717, 1.165) is 25.0 Å². The predicted octanol–water partition coefficient (Wildman–Crippen LogP) is 1.78. The summed E-state index contributed by atoms with van der Waals surface area (Å²) in [7, 11) is 0. The summed E-state index contributed by atoms with van der Waals surface area (Å²) in [5.74, 6) is -0.109. The number of imidazole rings is 1. The summed E-state index contributed by atoms with van der Waals surface area (Å²) in [6, 6.07) is 9.24. The standard InChI is InChI=1S/C21H25N5O3/c1-15(27)24-11-13-25(14-12-24)21(29)19-23-18(17-9-5-6-10-26(17)19)20(28)22-16-7-3-2-4-8-16/h2-4,7-8H,5-6,9-14H2,1H3,(H,22,28). The molecule has 152 valence electrons. The molecule has 29 heavy (non-hydrogen) atoms. The van der Waals surface area contributed by atoms with E-state index >= 15 is 0 Å². The molecule has 1 N–H and O–H groups in total. The highest BCUT2D eigenvalue weighted by Gasteiger charge is 2.31. The first-order valence-corrected chi connectivity index (χ1v) is 10.0. The lowest BCUT2D eigenvalue weighted by atomic mass is 10.1. The number of anilines is 1. The van der Waals surface area contributed by atoms with Crippen molar-refractivity contribution in [3.63, 3.8) is 0 Å². The molecule has 1 aromatic heterocycles. The zero-order valence-electron chi connectivity index (χ0n) is 16.6. The molecule has 8 nitrogen and oxygen atoms in total. The summed E-state index contributed by atoms with van der Waals surface area (Å²) in [5, 5.41) is 2.87. The highest BCUT2D eigenvalue weighted by Crippen LogP contribution is 2.23. The van der Waals surface area contributed by atoms with Crippen molar-refractivity contribution in [3.05, 3.63) is 47.5 Å². The second-order valence-electron chi connectivity index (χ2n) is 7.46. The first-order valence-electron chi connectivity index (χ1n) is 10.0. The van der Waals surface area contributed by atoms with Gasteiger partial charge in [0, 0.05) is 45.3 Å². The van der Waals surface area contributed by atoms with Gasteiger partial charge in [-0.05, 0) is 31.4 Å². The maximum Gasteiger partial charge on any atom is 0.290 e. The Kier molecular flexibility index (Phi) is 5.33. The third-order valence-electron chi connectivity index (χ3n) is 5.57. The average Bonchev–Trinajstić information content (AvgIpc) is 3.14. The van der Waals surface area contributed by atoms with E-state index in [0.29, 0.717) is 49.9 Å². The summed E-state index contributed by atoms with van der Waals surface area (Å²) < 4.78 is 1.91. The molecule has 3 heterocycles. The number of nitrogens with zero attached hydrogens (tertiary/aromatic N) is 4. The molecular formula is C21H25N5O3. The molecule has 0 unspecified atom stereocenters. The van der Waals surface area contributed by atoms with Crippen LogP contribution in [0.5, 0.6) is 0 Å². The number of fused-ring (bicyclic) bond motifs is 1. The van der Waals surface area contributed by atoms with E-state index in [4.69, 9.17) is 0 Å². The molecule has 3 amide bonds. The summed E-state index contributed by atoms with van der Waals surface area (Å²) in [5.41, 5.74) is 1.86. The minimum absolute atomic E-state index is 0.0233. The lowest BCUT2D eigenvalue weighted by molar-refractivity contribution is -0.130. The molecule has 0 saturated carbocycles. The van der Waals surface area contributed by atoms with Crippen LogP contribution in [0.2, 0.25) is 0 Å². The van der Waals surface area contributed by atoms with Gasteiger partial charge in [-0.25, -0.2) is 4.98 Å². The van der Waals surface area contributed by atoms with Gasteiger partial charge in [0.1, 0.15) is 0 Å². The Bertz CT molecular complexity index is 929. The van der Waals surface area contributed by atoms with Gasteiger partial charge in [-0.2, -0.15) is 0 Å². The van der Waals surface area contributed by atoms with Gasteiger partial charge in [0.25, 0.3) is 11.8 Å². The SMILES string of the molecule is CC(=O)N1CCN(C(=O)c2nc(C(=O)Nc3ccccc3)c3n2CCCC3)CC1. The van der Waals surface area contributed by atoms with E-state index < -0.39 is 0 Å². The Hall–Kier alpha value is -3.16. The molecule has 1 aromatic carbocycles. The van der Waals surface area contributed by atoms with Gasteiger partial charge in [-0.15, -0.1) is 0 Å². The number of piperazine rings is 1. The fraction of sp³-hybridized carbons (Fsp3) is 0.429. The molecule has 0 radical (unpaired) electrons. The lowest BCUT2D eigenvalue weighted by Crippen LogP contribution is -2.50. The Morgan fingerprint density at radius 3 is 2.31 bits per heavy atom. The highest BCUT2D eigenvalue weighted by molar-refractivity contribution is 6.05. The van der Waals surface area contributed by atoms with Crippen LogP contribution in [0.15, 0.2) is 30.3 Å². The van der Waals surface area contributed by atoms with Crippen LogP contribution in [0.4, 0.5) is 5.69 Å². The first-order chi connectivity index (χ1) is 14.0. The van der Waals surface area contributed by atoms with Crippen molar-refractivity contribution in [3.8, 4) is 0 Å². The van der Waals surface area contributed by atoms with Crippen LogP contribution in [0, 0.1) is 0 Å². The number of para-hydroxylation sites is 1. The molecule has 4 rings (SSSR count). The van der Waals surface area contributed by atoms with Crippen molar-refractivity contribution < 1.29 is 14.4 Å². The lowest BCUT2D eigenvalue weighted by Gasteiger charge is -2.34. The number of benzene rings is 1. The molecule has 0 aliphatic carbocycles. The third-order valence-corrected chi connectivity index (χ3v) is 5.57. The Morgan fingerprint density at radius 1 is 0.931 bits per heavy atom. The predicted molar refractivity (Wildman–Crippen MR) is 108 cm³/mol. The molecule has 1 saturated heterocycles. The van der Waals surface area contributed by atoms with E-state index in [1.165, 1.54) is 0 Å². The van der Waals surface area contributed by atoms with Crippen molar-refractivity contribution in [2.45, 2.75) is 32.7 Å². The van der Waals surface area contributed by atoms with E-state index in [9.17, 15) is 14.4 Å². The van der Waals surface area contributed by atoms with Crippen LogP contribution in [0.25, 0.3) is 0 Å². The Balaban J connectivity index is 1.57. The molecular weight excluding hydrogens is 370 g/mol. The van der Waals surface area contributed by atoms with Crippen LogP contribution in [-0.2, 0) is 17.8 Å². The Labute approximate surface area is 169 Å². The molecule has 2 aliphatic heterocycles. The molecule has 2 aromatic rings. The van der Waals surface area contributed by atoms with E-state index in [1.54, 1.807) is 16.7 Å². The second kappa shape index (κ2) is 8.06. The number of carbonyl (C=O) groups excluding carboxylic acids is 3. The molecule has 0 bridgehead atoms. The summed E-state index contributed by atoms with van der Waals surface area (Å²) >= 11 is 0. The second-order valence-corrected chi connectivity index (χ2v) is 7.46. The number of hydrogen-bond acceptors (Lipinski definition) is 4. The molecule has 0 spiro atoms. The molecule has 0 atom stereocenters. The normalized spacial score (nSPS) is 16.3. The number of nitrogens with one attached hydrogen (secondary N) is 1. The van der Waals surface area contributed by atoms with Gasteiger partial charge >= 0.3 is 0 Å². The minimum Gasteiger partial charge on any atom is -0.339 e. The number of carbonyl (C=O) groups is 3. The molecule has 2 aliphatic rings. The topological polar surface area (TPSA) is 87.5 Å². The Morgan fingerprint density at radius 2 is 1.62 bits per heavy atom. The zero-order chi connectivity index (χ0) is 20.4. The smallest absolute Gasteiger partial charge is 0.290 e. The van der Waals surface area contributed by atoms with E-state index in [-0.39, 0.29) is 17.7 Å². The number of hydrogen-bond donors (Lipinski definition) is 1. The first kappa shape index (κ1) is 19.2. The van der Waals surface area contributed by atoms with Gasteiger partial charge in [0.05, 0.1) is 5.69 Å². The van der Waals surface area contributed by atoms with Gasteiger partial charge in [0.2, 0.25) is 5.91 Å². The fourth-order valence-corrected chi connectivity index (χ4v) is 3.97. The maximum atomic E-state index is 13.1. The number of rotatable bonds is 3. The number of aromatic nitrogens is 2. The zero-order valence-corrected chi connectivity index (χ0v) is 16.6. The van der Waals surface area contributed by atoms with Gasteiger partial charge in [0.15, 0.2) is 11.5 Å². The third kappa shape index (κ3) is 3.87. The minimum atomic E-state index is -0.290. The summed E-state index contributed by atoms with van der Waals surface area (Å²) in [6.45, 7) is 4.24. The molecule has 1 fully saturated rings. The van der Waals surface area contributed by atoms with Crippen LogP contribution < -0.4 is 5.32 Å². The maximum absolute atomic E-state index is 13.1. The van der Waals surface area contributed by atoms with Crippen molar-refractivity contribution >= 4 is 23.4 Å².